The van der Waals surface area contributed by atoms with Crippen LogP contribution in [0.15, 0.2) is 49.1 Å². The SMILES string of the molecule is COc1cc(-n2cnc3cc(-c4cnn(C)c4)ccc32)cc(OC)c1C(=O)CCCS(C)(=O)=O. The van der Waals surface area contributed by atoms with Crippen LogP contribution in [0.3, 0.4) is 0 Å². The number of aromatic nitrogens is 4. The van der Waals surface area contributed by atoms with Crippen LogP contribution < -0.4 is 9.47 Å². The third-order valence-corrected chi connectivity index (χ3v) is 6.58. The fourth-order valence-corrected chi connectivity index (χ4v) is 4.57. The van der Waals surface area contributed by atoms with Gasteiger partial charge in [0.15, 0.2) is 5.78 Å². The summed E-state index contributed by atoms with van der Waals surface area (Å²) in [6, 6.07) is 9.49. The van der Waals surface area contributed by atoms with Gasteiger partial charge in [0.05, 0.1) is 42.9 Å². The molecule has 0 aliphatic heterocycles. The quantitative estimate of drug-likeness (QED) is 0.337. The summed E-state index contributed by atoms with van der Waals surface area (Å²) in [5, 5.41) is 4.22. The summed E-state index contributed by atoms with van der Waals surface area (Å²) < 4.78 is 37.5. The second-order valence-corrected chi connectivity index (χ2v) is 10.4. The number of methoxy groups -OCH3 is 2. The van der Waals surface area contributed by atoms with E-state index in [1.807, 2.05) is 36.0 Å². The number of imidazole rings is 1. The lowest BCUT2D eigenvalue weighted by atomic mass is 10.0. The molecule has 0 radical (unpaired) electrons. The van der Waals surface area contributed by atoms with Gasteiger partial charge < -0.3 is 9.47 Å². The number of sulfone groups is 1. The molecule has 34 heavy (non-hydrogen) atoms. The first-order chi connectivity index (χ1) is 16.2. The molecule has 0 bridgehead atoms. The van der Waals surface area contributed by atoms with Crippen LogP contribution in [0, 0.1) is 0 Å². The molecule has 2 aromatic heterocycles. The summed E-state index contributed by atoms with van der Waals surface area (Å²) in [4.78, 5) is 17.4. The normalized spacial score (nSPS) is 11.6. The fourth-order valence-electron chi connectivity index (χ4n) is 3.90. The number of aryl methyl sites for hydroxylation is 1. The first kappa shape index (κ1) is 23.5. The highest BCUT2D eigenvalue weighted by atomic mass is 32.2. The molecular weight excluding hydrogens is 456 g/mol. The van der Waals surface area contributed by atoms with Gasteiger partial charge in [-0.2, -0.15) is 5.10 Å². The molecule has 0 atom stereocenters. The predicted octanol–water partition coefficient (Wildman–Crippen LogP) is 3.45. The van der Waals surface area contributed by atoms with Gasteiger partial charge in [-0.05, 0) is 24.1 Å². The van der Waals surface area contributed by atoms with E-state index in [1.54, 1.807) is 29.3 Å². The Morgan fingerprint density at radius 2 is 1.76 bits per heavy atom. The maximum atomic E-state index is 12.9. The number of ether oxygens (including phenoxy) is 2. The Hall–Kier alpha value is -3.66. The molecule has 0 aliphatic rings. The molecule has 0 saturated heterocycles. The Bertz CT molecular complexity index is 1440. The number of Topliss-reactive ketones (excluding diaryl/α,β-unsaturated/α-hetero) is 1. The van der Waals surface area contributed by atoms with Gasteiger partial charge in [0.1, 0.15) is 33.2 Å². The van der Waals surface area contributed by atoms with E-state index >= 15 is 0 Å². The number of fused-ring (bicyclic) bond motifs is 1. The maximum absolute atomic E-state index is 12.9. The van der Waals surface area contributed by atoms with Gasteiger partial charge in [-0.25, -0.2) is 13.4 Å². The monoisotopic (exact) mass is 482 g/mol. The van der Waals surface area contributed by atoms with E-state index in [0.717, 1.165) is 34.1 Å². The van der Waals surface area contributed by atoms with Crippen LogP contribution in [-0.2, 0) is 16.9 Å². The molecule has 0 amide bonds. The molecule has 0 N–H and O–H groups in total. The van der Waals surface area contributed by atoms with E-state index in [1.165, 1.54) is 14.2 Å². The van der Waals surface area contributed by atoms with Crippen LogP contribution in [0.2, 0.25) is 0 Å². The first-order valence-electron chi connectivity index (χ1n) is 10.6. The highest BCUT2D eigenvalue weighted by Gasteiger charge is 2.21. The molecule has 0 unspecified atom stereocenters. The minimum absolute atomic E-state index is 0.0521. The molecule has 0 aliphatic carbocycles. The van der Waals surface area contributed by atoms with Crippen LogP contribution in [0.1, 0.15) is 23.2 Å². The third kappa shape index (κ3) is 4.81. The van der Waals surface area contributed by atoms with E-state index in [0.29, 0.717) is 17.1 Å². The van der Waals surface area contributed by atoms with Crippen LogP contribution in [0.4, 0.5) is 0 Å². The van der Waals surface area contributed by atoms with Crippen molar-refractivity contribution >= 4 is 26.7 Å². The van der Waals surface area contributed by atoms with Gasteiger partial charge in [0.25, 0.3) is 0 Å². The topological polar surface area (TPSA) is 105 Å². The molecule has 4 aromatic rings. The predicted molar refractivity (Wildman–Crippen MR) is 130 cm³/mol. The second kappa shape index (κ2) is 9.30. The zero-order chi connectivity index (χ0) is 24.5. The molecule has 0 spiro atoms. The summed E-state index contributed by atoms with van der Waals surface area (Å²) in [6.45, 7) is 0. The minimum atomic E-state index is -3.14. The van der Waals surface area contributed by atoms with Gasteiger partial charge in [-0.1, -0.05) is 6.07 Å². The van der Waals surface area contributed by atoms with Crippen molar-refractivity contribution in [2.24, 2.45) is 7.05 Å². The Kier molecular flexibility index (Phi) is 6.43. The average Bonchev–Trinajstić information content (AvgIpc) is 3.42. The number of ketones is 1. The number of benzene rings is 2. The van der Waals surface area contributed by atoms with Gasteiger partial charge >= 0.3 is 0 Å². The van der Waals surface area contributed by atoms with Crippen LogP contribution in [0.25, 0.3) is 27.8 Å². The highest BCUT2D eigenvalue weighted by molar-refractivity contribution is 7.90. The number of rotatable bonds is 9. The maximum Gasteiger partial charge on any atom is 0.170 e. The van der Waals surface area contributed by atoms with Crippen molar-refractivity contribution in [1.29, 1.82) is 0 Å². The van der Waals surface area contributed by atoms with Crippen molar-refractivity contribution in [1.82, 2.24) is 19.3 Å². The highest BCUT2D eigenvalue weighted by Crippen LogP contribution is 2.35. The third-order valence-electron chi connectivity index (χ3n) is 5.55. The standard InChI is InChI=1S/C24H26N4O5S/c1-27-14-17(13-26-27)16-7-8-20-19(10-16)25-15-28(20)18-11-22(32-2)24(23(12-18)33-3)21(29)6-5-9-34(4,30)31/h7-8,10-15H,5-6,9H2,1-4H3. The van der Waals surface area contributed by atoms with Crippen LogP contribution >= 0.6 is 0 Å². The summed E-state index contributed by atoms with van der Waals surface area (Å²) in [5.41, 5.74) is 4.71. The first-order valence-corrected chi connectivity index (χ1v) is 12.7. The Morgan fingerprint density at radius 1 is 1.06 bits per heavy atom. The van der Waals surface area contributed by atoms with Crippen molar-refractivity contribution in [2.45, 2.75) is 12.8 Å². The zero-order valence-corrected chi connectivity index (χ0v) is 20.3. The molecule has 2 heterocycles. The van der Waals surface area contributed by atoms with E-state index < -0.39 is 9.84 Å². The van der Waals surface area contributed by atoms with Gasteiger partial charge in [0.2, 0.25) is 0 Å². The lowest BCUT2D eigenvalue weighted by Gasteiger charge is -2.15. The molecule has 4 rings (SSSR count). The molecule has 10 heteroatoms. The van der Waals surface area contributed by atoms with Crippen molar-refractivity contribution in [3.8, 4) is 28.3 Å². The number of hydrogen-bond acceptors (Lipinski definition) is 7. The Balaban J connectivity index is 1.70. The average molecular weight is 483 g/mol. The number of nitrogens with zero attached hydrogens (tertiary/aromatic N) is 4. The van der Waals surface area contributed by atoms with Crippen molar-refractivity contribution in [3.05, 3.63) is 54.6 Å². The fraction of sp³-hybridized carbons (Fsp3) is 0.292. The van der Waals surface area contributed by atoms with E-state index in [-0.39, 0.29) is 24.4 Å². The molecule has 178 valence electrons. The lowest BCUT2D eigenvalue weighted by Crippen LogP contribution is -2.09. The van der Waals surface area contributed by atoms with Crippen LogP contribution in [0.5, 0.6) is 11.5 Å². The number of carbonyl (C=O) groups excluding carboxylic acids is 1. The number of carbonyl (C=O) groups is 1. The summed E-state index contributed by atoms with van der Waals surface area (Å²) in [5.74, 6) is 0.421. The summed E-state index contributed by atoms with van der Waals surface area (Å²) in [7, 11) is 1.70. The molecule has 2 aromatic carbocycles. The van der Waals surface area contributed by atoms with Gasteiger partial charge in [-0.15, -0.1) is 0 Å². The molecule has 0 saturated carbocycles. The molecular formula is C24H26N4O5S. The molecule has 0 fully saturated rings. The van der Waals surface area contributed by atoms with Gasteiger partial charge in [0, 0.05) is 43.6 Å². The summed E-state index contributed by atoms with van der Waals surface area (Å²) >= 11 is 0. The van der Waals surface area contributed by atoms with Crippen molar-refractivity contribution < 1.29 is 22.7 Å². The minimum Gasteiger partial charge on any atom is -0.496 e. The van der Waals surface area contributed by atoms with E-state index in [2.05, 4.69) is 10.1 Å². The van der Waals surface area contributed by atoms with Crippen molar-refractivity contribution in [3.63, 3.8) is 0 Å². The Morgan fingerprint density at radius 3 is 2.35 bits per heavy atom. The van der Waals surface area contributed by atoms with E-state index in [4.69, 9.17) is 9.47 Å². The van der Waals surface area contributed by atoms with Crippen LogP contribution in [-0.4, -0.2) is 59.8 Å². The molecule has 9 nitrogen and oxygen atoms in total. The summed E-state index contributed by atoms with van der Waals surface area (Å²) in [6.07, 6.45) is 6.92. The van der Waals surface area contributed by atoms with E-state index in [9.17, 15) is 13.2 Å². The Labute approximate surface area is 197 Å². The van der Waals surface area contributed by atoms with Crippen molar-refractivity contribution in [2.75, 3.05) is 26.2 Å². The lowest BCUT2D eigenvalue weighted by molar-refractivity contribution is 0.0976. The smallest absolute Gasteiger partial charge is 0.170 e. The number of hydrogen-bond donors (Lipinski definition) is 0. The second-order valence-electron chi connectivity index (χ2n) is 8.10. The van der Waals surface area contributed by atoms with Gasteiger partial charge in [-0.3, -0.25) is 14.0 Å². The zero-order valence-electron chi connectivity index (χ0n) is 19.5. The largest absolute Gasteiger partial charge is 0.496 e.